The molecule has 0 spiro atoms. The Balaban J connectivity index is 2.52. The van der Waals surface area contributed by atoms with Gasteiger partial charge in [0, 0.05) is 12.0 Å². The Labute approximate surface area is 98.8 Å². The number of halogens is 3. The maximum atomic E-state index is 13.8. The summed E-state index contributed by atoms with van der Waals surface area (Å²) in [7, 11) is 0. The van der Waals surface area contributed by atoms with Gasteiger partial charge in [0.2, 0.25) is 0 Å². The Bertz CT molecular complexity index is 411. The molecule has 0 heterocycles. The van der Waals surface area contributed by atoms with Crippen molar-refractivity contribution in [2.24, 2.45) is 5.73 Å². The standard InChI is InChI=1S/C13H16F3N/c14-7-9-5-10(12(16)11(15)6-9)13(8-17)3-1-2-4-13/h5-6H,1-4,7-8,17H2. The minimum absolute atomic E-state index is 0.179. The Hall–Kier alpha value is -1.03. The fourth-order valence-electron chi connectivity index (χ4n) is 2.74. The summed E-state index contributed by atoms with van der Waals surface area (Å²) in [5, 5.41) is 0. The largest absolute Gasteiger partial charge is 0.330 e. The molecular formula is C13H16F3N. The Morgan fingerprint density at radius 2 is 1.82 bits per heavy atom. The third-order valence-corrected chi connectivity index (χ3v) is 3.77. The summed E-state index contributed by atoms with van der Waals surface area (Å²) in [5.41, 5.74) is 5.66. The summed E-state index contributed by atoms with van der Waals surface area (Å²) in [6.45, 7) is -0.510. The van der Waals surface area contributed by atoms with Crippen LogP contribution in [0.4, 0.5) is 13.2 Å². The van der Waals surface area contributed by atoms with Gasteiger partial charge in [0.15, 0.2) is 11.6 Å². The van der Waals surface area contributed by atoms with Gasteiger partial charge in [-0.05, 0) is 36.1 Å². The first-order valence-corrected chi connectivity index (χ1v) is 5.87. The average molecular weight is 243 g/mol. The zero-order valence-corrected chi connectivity index (χ0v) is 9.61. The van der Waals surface area contributed by atoms with Gasteiger partial charge in [0.1, 0.15) is 6.67 Å². The molecule has 1 aromatic carbocycles. The SMILES string of the molecule is NCC1(c2cc(CF)cc(F)c2F)CCCC1. The van der Waals surface area contributed by atoms with Crippen LogP contribution < -0.4 is 5.73 Å². The van der Waals surface area contributed by atoms with Gasteiger partial charge in [-0.1, -0.05) is 12.8 Å². The van der Waals surface area contributed by atoms with E-state index in [0.29, 0.717) is 0 Å². The summed E-state index contributed by atoms with van der Waals surface area (Å²) in [6.07, 6.45) is 3.40. The van der Waals surface area contributed by atoms with Gasteiger partial charge in [0.05, 0.1) is 0 Å². The van der Waals surface area contributed by atoms with Crippen LogP contribution in [0.15, 0.2) is 12.1 Å². The predicted molar refractivity (Wildman–Crippen MR) is 60.4 cm³/mol. The molecule has 0 bridgehead atoms. The summed E-state index contributed by atoms with van der Waals surface area (Å²) in [4.78, 5) is 0. The molecule has 2 N–H and O–H groups in total. The maximum Gasteiger partial charge on any atom is 0.162 e. The highest BCUT2D eigenvalue weighted by atomic mass is 19.2. The van der Waals surface area contributed by atoms with E-state index in [2.05, 4.69) is 0 Å². The molecule has 1 saturated carbocycles. The van der Waals surface area contributed by atoms with E-state index in [9.17, 15) is 13.2 Å². The van der Waals surface area contributed by atoms with E-state index in [0.717, 1.165) is 31.7 Å². The van der Waals surface area contributed by atoms with Crippen molar-refractivity contribution in [3.8, 4) is 0 Å². The quantitative estimate of drug-likeness (QED) is 0.866. The van der Waals surface area contributed by atoms with Crippen molar-refractivity contribution in [2.75, 3.05) is 6.54 Å². The Morgan fingerprint density at radius 3 is 2.35 bits per heavy atom. The first kappa shape index (κ1) is 12.4. The van der Waals surface area contributed by atoms with Crippen LogP contribution in [-0.4, -0.2) is 6.54 Å². The number of benzene rings is 1. The van der Waals surface area contributed by atoms with Gasteiger partial charge < -0.3 is 5.73 Å². The summed E-state index contributed by atoms with van der Waals surface area (Å²) >= 11 is 0. The zero-order valence-electron chi connectivity index (χ0n) is 9.61. The molecule has 94 valence electrons. The molecule has 17 heavy (non-hydrogen) atoms. The van der Waals surface area contributed by atoms with Crippen LogP contribution in [0, 0.1) is 11.6 Å². The van der Waals surface area contributed by atoms with Gasteiger partial charge in [-0.2, -0.15) is 0 Å². The van der Waals surface area contributed by atoms with Gasteiger partial charge in [-0.15, -0.1) is 0 Å². The molecule has 0 aliphatic heterocycles. The lowest BCUT2D eigenvalue weighted by Crippen LogP contribution is -2.33. The molecule has 0 saturated heterocycles. The van der Waals surface area contributed by atoms with E-state index in [1.165, 1.54) is 6.07 Å². The minimum Gasteiger partial charge on any atom is -0.330 e. The lowest BCUT2D eigenvalue weighted by molar-refractivity contribution is 0.403. The molecule has 1 aliphatic carbocycles. The van der Waals surface area contributed by atoms with E-state index >= 15 is 0 Å². The predicted octanol–water partition coefficient (Wildman–Crippen LogP) is 3.20. The van der Waals surface area contributed by atoms with Gasteiger partial charge in [-0.25, -0.2) is 13.2 Å². The van der Waals surface area contributed by atoms with E-state index in [1.807, 2.05) is 0 Å². The highest BCUT2D eigenvalue weighted by molar-refractivity contribution is 5.34. The summed E-state index contributed by atoms with van der Waals surface area (Å²) in [5.74, 6) is -1.84. The van der Waals surface area contributed by atoms with Crippen LogP contribution >= 0.6 is 0 Å². The summed E-state index contributed by atoms with van der Waals surface area (Å²) in [6, 6.07) is 2.34. The van der Waals surface area contributed by atoms with Gasteiger partial charge in [-0.3, -0.25) is 0 Å². The average Bonchev–Trinajstić information content (AvgIpc) is 2.82. The molecule has 0 aromatic heterocycles. The molecular weight excluding hydrogens is 227 g/mol. The number of alkyl halides is 1. The molecule has 1 fully saturated rings. The van der Waals surface area contributed by atoms with E-state index < -0.39 is 23.7 Å². The van der Waals surface area contributed by atoms with Crippen LogP contribution in [0.2, 0.25) is 0 Å². The molecule has 0 amide bonds. The molecule has 0 atom stereocenters. The topological polar surface area (TPSA) is 26.0 Å². The van der Waals surface area contributed by atoms with Crippen LogP contribution in [0.25, 0.3) is 0 Å². The fourth-order valence-corrected chi connectivity index (χ4v) is 2.74. The van der Waals surface area contributed by atoms with Crippen molar-refractivity contribution < 1.29 is 13.2 Å². The summed E-state index contributed by atoms with van der Waals surface area (Å²) < 4.78 is 39.9. The van der Waals surface area contributed by atoms with Crippen molar-refractivity contribution in [3.63, 3.8) is 0 Å². The highest BCUT2D eigenvalue weighted by Gasteiger charge is 2.37. The Kier molecular flexibility index (Phi) is 3.43. The molecule has 1 nitrogen and oxygen atoms in total. The van der Waals surface area contributed by atoms with E-state index in [4.69, 9.17) is 5.73 Å². The second-order valence-corrected chi connectivity index (χ2v) is 4.76. The van der Waals surface area contributed by atoms with Crippen LogP contribution in [-0.2, 0) is 12.1 Å². The Morgan fingerprint density at radius 1 is 1.18 bits per heavy atom. The molecule has 0 unspecified atom stereocenters. The monoisotopic (exact) mass is 243 g/mol. The van der Waals surface area contributed by atoms with E-state index in [1.54, 1.807) is 0 Å². The number of hydrogen-bond acceptors (Lipinski definition) is 1. The minimum atomic E-state index is -0.977. The molecule has 0 radical (unpaired) electrons. The number of rotatable bonds is 3. The van der Waals surface area contributed by atoms with Crippen molar-refractivity contribution in [3.05, 3.63) is 34.9 Å². The molecule has 1 aliphatic rings. The maximum absolute atomic E-state index is 13.8. The van der Waals surface area contributed by atoms with Crippen molar-refractivity contribution >= 4 is 0 Å². The van der Waals surface area contributed by atoms with Crippen LogP contribution in [0.5, 0.6) is 0 Å². The lowest BCUT2D eigenvalue weighted by Gasteiger charge is -2.28. The van der Waals surface area contributed by atoms with E-state index in [-0.39, 0.29) is 17.7 Å². The van der Waals surface area contributed by atoms with Crippen molar-refractivity contribution in [1.82, 2.24) is 0 Å². The normalized spacial score (nSPS) is 18.6. The second-order valence-electron chi connectivity index (χ2n) is 4.76. The van der Waals surface area contributed by atoms with Gasteiger partial charge >= 0.3 is 0 Å². The van der Waals surface area contributed by atoms with Crippen molar-refractivity contribution in [1.29, 1.82) is 0 Å². The van der Waals surface area contributed by atoms with Crippen LogP contribution in [0.1, 0.15) is 36.8 Å². The second kappa shape index (κ2) is 4.69. The zero-order chi connectivity index (χ0) is 12.5. The fraction of sp³-hybridized carbons (Fsp3) is 0.538. The smallest absolute Gasteiger partial charge is 0.162 e. The molecule has 4 heteroatoms. The first-order chi connectivity index (χ1) is 8.13. The van der Waals surface area contributed by atoms with Gasteiger partial charge in [0.25, 0.3) is 0 Å². The molecule has 1 aromatic rings. The van der Waals surface area contributed by atoms with Crippen molar-refractivity contribution in [2.45, 2.75) is 37.8 Å². The number of hydrogen-bond donors (Lipinski definition) is 1. The third kappa shape index (κ3) is 2.06. The number of nitrogens with two attached hydrogens (primary N) is 1. The first-order valence-electron chi connectivity index (χ1n) is 5.87. The highest BCUT2D eigenvalue weighted by Crippen LogP contribution is 2.42. The van der Waals surface area contributed by atoms with Crippen LogP contribution in [0.3, 0.4) is 0 Å². The third-order valence-electron chi connectivity index (χ3n) is 3.77. The lowest BCUT2D eigenvalue weighted by atomic mass is 9.78. The molecule has 2 rings (SSSR count).